The number of hydrogen-bond donors (Lipinski definition) is 1. The highest BCUT2D eigenvalue weighted by Gasteiger charge is 2.19. The van der Waals surface area contributed by atoms with E-state index in [1.54, 1.807) is 6.92 Å². The minimum Gasteiger partial charge on any atom is -0.460 e. The number of nitrogens with one attached hydrogen (secondary N) is 1. The summed E-state index contributed by atoms with van der Waals surface area (Å²) in [5.41, 5.74) is 0.854. The van der Waals surface area contributed by atoms with Crippen LogP contribution < -0.4 is 5.56 Å². The topological polar surface area (TPSA) is 95.8 Å². The number of ether oxygens (including phenoxy) is 1. The number of aromatic nitrogens is 2. The second-order valence-corrected chi connectivity index (χ2v) is 6.34. The highest BCUT2D eigenvalue weighted by Crippen LogP contribution is 2.20. The molecule has 0 fully saturated rings. The van der Waals surface area contributed by atoms with Crippen molar-refractivity contribution in [3.05, 3.63) is 57.5 Å². The molecule has 1 aromatic carbocycles. The van der Waals surface area contributed by atoms with E-state index in [4.69, 9.17) is 10.00 Å². The van der Waals surface area contributed by atoms with Gasteiger partial charge < -0.3 is 9.72 Å². The van der Waals surface area contributed by atoms with E-state index in [1.165, 1.54) is 0 Å². The van der Waals surface area contributed by atoms with E-state index in [0.717, 1.165) is 17.3 Å². The van der Waals surface area contributed by atoms with Gasteiger partial charge in [0.05, 0.1) is 5.69 Å². The number of thioether (sulfide) groups is 1. The third-order valence-electron chi connectivity index (χ3n) is 3.26. The maximum atomic E-state index is 12.1. The molecule has 1 N–H and O–H groups in total. The zero-order valence-electron chi connectivity index (χ0n) is 13.4. The van der Waals surface area contributed by atoms with E-state index in [9.17, 15) is 9.59 Å². The van der Waals surface area contributed by atoms with Gasteiger partial charge in [-0.1, -0.05) is 49.0 Å². The summed E-state index contributed by atoms with van der Waals surface area (Å²) in [4.78, 5) is 30.7. The second kappa shape index (κ2) is 8.31. The molecule has 1 heterocycles. The fraction of sp³-hybridized carbons (Fsp3) is 0.294. The van der Waals surface area contributed by atoms with Gasteiger partial charge in [0, 0.05) is 0 Å². The monoisotopic (exact) mass is 343 g/mol. The van der Waals surface area contributed by atoms with Crippen molar-refractivity contribution in [3.8, 4) is 6.07 Å². The molecule has 0 aliphatic heterocycles. The molecule has 1 atom stereocenters. The Morgan fingerprint density at radius 3 is 2.75 bits per heavy atom. The zero-order chi connectivity index (χ0) is 17.5. The van der Waals surface area contributed by atoms with Gasteiger partial charge >= 0.3 is 5.97 Å². The molecule has 1 unspecified atom stereocenters. The van der Waals surface area contributed by atoms with Gasteiger partial charge in [0.15, 0.2) is 5.16 Å². The highest BCUT2D eigenvalue weighted by molar-refractivity contribution is 8.00. The first-order valence-corrected chi connectivity index (χ1v) is 8.33. The van der Waals surface area contributed by atoms with Crippen LogP contribution in [0.3, 0.4) is 0 Å². The van der Waals surface area contributed by atoms with Gasteiger partial charge in [0.2, 0.25) is 0 Å². The first kappa shape index (κ1) is 17.8. The Kier molecular flexibility index (Phi) is 6.15. The third kappa shape index (κ3) is 4.46. The highest BCUT2D eigenvalue weighted by atomic mass is 32.2. The van der Waals surface area contributed by atoms with E-state index >= 15 is 0 Å². The van der Waals surface area contributed by atoms with Gasteiger partial charge in [-0.2, -0.15) is 5.26 Å². The zero-order valence-corrected chi connectivity index (χ0v) is 14.2. The molecular formula is C17H17N3O3S. The van der Waals surface area contributed by atoms with Crippen molar-refractivity contribution in [2.45, 2.75) is 37.3 Å². The molecule has 0 bridgehead atoms. The van der Waals surface area contributed by atoms with Gasteiger partial charge in [-0.15, -0.1) is 0 Å². The Morgan fingerprint density at radius 2 is 2.12 bits per heavy atom. The molecule has 0 aliphatic rings. The lowest BCUT2D eigenvalue weighted by atomic mass is 10.2. The first-order valence-electron chi connectivity index (χ1n) is 7.45. The van der Waals surface area contributed by atoms with Crippen molar-refractivity contribution < 1.29 is 9.53 Å². The van der Waals surface area contributed by atoms with E-state index in [2.05, 4.69) is 9.97 Å². The average Bonchev–Trinajstić information content (AvgIpc) is 2.59. The lowest BCUT2D eigenvalue weighted by molar-refractivity contribution is -0.143. The number of rotatable bonds is 6. The molecule has 0 saturated carbocycles. The number of carbonyl (C=O) groups excluding carboxylic acids is 1. The van der Waals surface area contributed by atoms with Crippen LogP contribution in [0.5, 0.6) is 0 Å². The van der Waals surface area contributed by atoms with Gasteiger partial charge in [0.25, 0.3) is 5.56 Å². The lowest BCUT2D eigenvalue weighted by Crippen LogP contribution is -2.20. The molecule has 0 spiro atoms. The molecule has 0 saturated heterocycles. The summed E-state index contributed by atoms with van der Waals surface area (Å²) in [5.74, 6) is -0.395. The SMILES string of the molecule is CCc1nc(SC(C)C(=O)OCc2ccccc2)[nH]c(=O)c1C#N. The molecule has 124 valence electrons. The Hall–Kier alpha value is -2.59. The van der Waals surface area contributed by atoms with Crippen LogP contribution in [0.4, 0.5) is 0 Å². The van der Waals surface area contributed by atoms with Gasteiger partial charge in [-0.25, -0.2) is 4.98 Å². The number of aryl methyl sites for hydroxylation is 1. The molecule has 1 aromatic heterocycles. The first-order chi connectivity index (χ1) is 11.5. The summed E-state index contributed by atoms with van der Waals surface area (Å²) >= 11 is 1.10. The second-order valence-electron chi connectivity index (χ2n) is 5.01. The number of hydrogen-bond acceptors (Lipinski definition) is 6. The van der Waals surface area contributed by atoms with Crippen molar-refractivity contribution in [2.75, 3.05) is 0 Å². The molecular weight excluding hydrogens is 326 g/mol. The summed E-state index contributed by atoms with van der Waals surface area (Å²) in [7, 11) is 0. The largest absolute Gasteiger partial charge is 0.460 e. The maximum Gasteiger partial charge on any atom is 0.319 e. The number of H-pyrrole nitrogens is 1. The number of nitriles is 1. The van der Waals surface area contributed by atoms with E-state index in [1.807, 2.05) is 43.3 Å². The molecule has 2 aromatic rings. The molecule has 6 nitrogen and oxygen atoms in total. The minimum atomic E-state index is -0.533. The smallest absolute Gasteiger partial charge is 0.319 e. The Labute approximate surface area is 143 Å². The van der Waals surface area contributed by atoms with Crippen LogP contribution in [-0.4, -0.2) is 21.2 Å². The van der Waals surface area contributed by atoms with Crippen LogP contribution in [0.15, 0.2) is 40.3 Å². The summed E-state index contributed by atoms with van der Waals surface area (Å²) in [6.07, 6.45) is 0.465. The quantitative estimate of drug-likeness (QED) is 0.492. The van der Waals surface area contributed by atoms with Crippen LogP contribution in [0, 0.1) is 11.3 Å². The summed E-state index contributed by atoms with van der Waals surface area (Å²) in [6.45, 7) is 3.69. The summed E-state index contributed by atoms with van der Waals surface area (Å²) < 4.78 is 5.26. The van der Waals surface area contributed by atoms with Crippen LogP contribution >= 0.6 is 11.8 Å². The van der Waals surface area contributed by atoms with Gasteiger partial charge in [-0.05, 0) is 18.9 Å². The molecule has 24 heavy (non-hydrogen) atoms. The van der Waals surface area contributed by atoms with Crippen LogP contribution in [0.1, 0.15) is 30.7 Å². The summed E-state index contributed by atoms with van der Waals surface area (Å²) in [5, 5.41) is 8.75. The van der Waals surface area contributed by atoms with Crippen molar-refractivity contribution in [2.24, 2.45) is 0 Å². The van der Waals surface area contributed by atoms with Crippen molar-refractivity contribution in [3.63, 3.8) is 0 Å². The van der Waals surface area contributed by atoms with E-state index < -0.39 is 16.8 Å². The van der Waals surface area contributed by atoms with Crippen molar-refractivity contribution >= 4 is 17.7 Å². The Bertz CT molecular complexity index is 812. The molecule has 0 amide bonds. The fourth-order valence-electron chi connectivity index (χ4n) is 1.99. The molecule has 0 radical (unpaired) electrons. The Balaban J connectivity index is 2.02. The summed E-state index contributed by atoms with van der Waals surface area (Å²) in [6, 6.07) is 11.2. The van der Waals surface area contributed by atoms with Crippen LogP contribution in [0.25, 0.3) is 0 Å². The van der Waals surface area contributed by atoms with E-state index in [-0.39, 0.29) is 12.2 Å². The number of aromatic amines is 1. The number of carbonyl (C=O) groups is 1. The van der Waals surface area contributed by atoms with Crippen molar-refractivity contribution in [1.82, 2.24) is 9.97 Å². The molecule has 7 heteroatoms. The lowest BCUT2D eigenvalue weighted by Gasteiger charge is -2.11. The van der Waals surface area contributed by atoms with Crippen LogP contribution in [0.2, 0.25) is 0 Å². The minimum absolute atomic E-state index is 0.0150. The predicted molar refractivity (Wildman–Crippen MR) is 90.5 cm³/mol. The fourth-order valence-corrected chi connectivity index (χ4v) is 2.80. The number of benzene rings is 1. The average molecular weight is 343 g/mol. The molecule has 0 aliphatic carbocycles. The Morgan fingerprint density at radius 1 is 1.42 bits per heavy atom. The van der Waals surface area contributed by atoms with Crippen LogP contribution in [-0.2, 0) is 22.6 Å². The number of esters is 1. The van der Waals surface area contributed by atoms with E-state index in [0.29, 0.717) is 17.3 Å². The van der Waals surface area contributed by atoms with Crippen molar-refractivity contribution in [1.29, 1.82) is 5.26 Å². The third-order valence-corrected chi connectivity index (χ3v) is 4.23. The standard InChI is InChI=1S/C17H17N3O3S/c1-3-14-13(9-18)15(21)20-17(19-14)24-11(2)16(22)23-10-12-7-5-4-6-8-12/h4-8,11H,3,10H2,1-2H3,(H,19,20,21). The van der Waals surface area contributed by atoms with Gasteiger partial charge in [-0.3, -0.25) is 9.59 Å². The number of nitrogens with zero attached hydrogens (tertiary/aromatic N) is 2. The normalized spacial score (nSPS) is 11.5. The predicted octanol–water partition coefficient (Wildman–Crippen LogP) is 2.43. The molecule has 2 rings (SSSR count). The maximum absolute atomic E-state index is 12.1. The van der Waals surface area contributed by atoms with Gasteiger partial charge in [0.1, 0.15) is 23.5 Å².